The Hall–Kier alpha value is -1.45. The fourth-order valence-electron chi connectivity index (χ4n) is 1.32. The van der Waals surface area contributed by atoms with Crippen molar-refractivity contribution in [3.8, 4) is 5.75 Å². The van der Waals surface area contributed by atoms with Crippen LogP contribution in [0.2, 0.25) is 0 Å². The van der Waals surface area contributed by atoms with Crippen molar-refractivity contribution < 1.29 is 17.9 Å². The lowest BCUT2D eigenvalue weighted by atomic mass is 10.0. The second kappa shape index (κ2) is 4.38. The van der Waals surface area contributed by atoms with E-state index < -0.39 is 6.36 Å². The highest BCUT2D eigenvalue weighted by Crippen LogP contribution is 2.28. The molecule has 0 heterocycles. The number of benzene rings is 1. The van der Waals surface area contributed by atoms with E-state index in [0.29, 0.717) is 17.5 Å². The molecular weight excluding hydrogens is 205 g/mol. The first-order chi connectivity index (χ1) is 6.98. The van der Waals surface area contributed by atoms with E-state index in [0.717, 1.165) is 0 Å². The van der Waals surface area contributed by atoms with E-state index >= 15 is 0 Å². The van der Waals surface area contributed by atoms with Gasteiger partial charge in [-0.15, -0.1) is 13.2 Å². The molecule has 0 unspecified atom stereocenters. The molecule has 0 aromatic heterocycles. The van der Waals surface area contributed by atoms with Crippen molar-refractivity contribution in [2.45, 2.75) is 19.7 Å². The Morgan fingerprint density at radius 3 is 2.53 bits per heavy atom. The number of ether oxygens (including phenoxy) is 1. The van der Waals surface area contributed by atoms with Crippen molar-refractivity contribution in [3.63, 3.8) is 0 Å². The molecule has 0 aliphatic heterocycles. The first-order valence-corrected chi connectivity index (χ1v) is 4.38. The molecule has 0 fully saturated rings. The molecule has 0 bridgehead atoms. The average Bonchev–Trinajstić information content (AvgIpc) is 2.15. The maximum absolute atomic E-state index is 12.0. The lowest BCUT2D eigenvalue weighted by molar-refractivity contribution is -0.274. The molecule has 1 rings (SSSR count). The molecule has 0 aliphatic carbocycles. The summed E-state index contributed by atoms with van der Waals surface area (Å²) < 4.78 is 40.0. The minimum absolute atomic E-state index is 0.182. The second-order valence-corrected chi connectivity index (χ2v) is 2.86. The van der Waals surface area contributed by atoms with E-state index in [9.17, 15) is 13.2 Å². The molecule has 1 aromatic carbocycles. The summed E-state index contributed by atoms with van der Waals surface area (Å²) in [4.78, 5) is 0. The Morgan fingerprint density at radius 1 is 1.40 bits per heavy atom. The fraction of sp³-hybridized carbons (Fsp3) is 0.273. The highest BCUT2D eigenvalue weighted by Gasteiger charge is 2.32. The van der Waals surface area contributed by atoms with Crippen molar-refractivity contribution in [1.82, 2.24) is 0 Å². The van der Waals surface area contributed by atoms with Crippen LogP contribution in [0.25, 0.3) is 0 Å². The lowest BCUT2D eigenvalue weighted by Gasteiger charge is -2.13. The molecule has 81 valence electrons. The molecule has 0 aliphatic rings. The van der Waals surface area contributed by atoms with Crippen molar-refractivity contribution >= 4 is 0 Å². The molecule has 0 N–H and O–H groups in total. The van der Waals surface area contributed by atoms with Gasteiger partial charge in [0.2, 0.25) is 0 Å². The first kappa shape index (κ1) is 11.6. The fourth-order valence-corrected chi connectivity index (χ4v) is 1.32. The van der Waals surface area contributed by atoms with Gasteiger partial charge in [-0.05, 0) is 24.1 Å². The normalized spacial score (nSPS) is 11.2. The topological polar surface area (TPSA) is 9.23 Å². The zero-order valence-electron chi connectivity index (χ0n) is 8.19. The van der Waals surface area contributed by atoms with Crippen LogP contribution >= 0.6 is 0 Å². The van der Waals surface area contributed by atoms with E-state index in [-0.39, 0.29) is 5.75 Å². The number of alkyl halides is 3. The van der Waals surface area contributed by atoms with E-state index in [2.05, 4.69) is 17.4 Å². The Kier molecular flexibility index (Phi) is 3.39. The summed E-state index contributed by atoms with van der Waals surface area (Å²) in [6.45, 7) is 5.16. The van der Waals surface area contributed by atoms with Gasteiger partial charge in [-0.3, -0.25) is 0 Å². The summed E-state index contributed by atoms with van der Waals surface area (Å²) in [5.74, 6) is -0.182. The minimum atomic E-state index is -4.66. The van der Waals surface area contributed by atoms with Gasteiger partial charge in [0.05, 0.1) is 0 Å². The van der Waals surface area contributed by atoms with E-state index in [1.165, 1.54) is 12.1 Å². The summed E-state index contributed by atoms with van der Waals surface area (Å²) in [5, 5.41) is 0. The zero-order valence-corrected chi connectivity index (χ0v) is 8.19. The third-order valence-corrected chi connectivity index (χ3v) is 1.90. The molecular formula is C11H10F3O. The molecule has 1 radical (unpaired) electrons. The highest BCUT2D eigenvalue weighted by atomic mass is 19.4. The summed E-state index contributed by atoms with van der Waals surface area (Å²) in [6, 6.07) is 4.41. The number of hydrogen-bond acceptors (Lipinski definition) is 1. The predicted octanol–water partition coefficient (Wildman–Crippen LogP) is 3.48. The van der Waals surface area contributed by atoms with Gasteiger partial charge in [-0.25, -0.2) is 0 Å². The molecule has 0 atom stereocenters. The third kappa shape index (κ3) is 3.01. The Balaban J connectivity index is 3.12. The van der Waals surface area contributed by atoms with Crippen molar-refractivity contribution in [2.75, 3.05) is 0 Å². The van der Waals surface area contributed by atoms with Crippen LogP contribution < -0.4 is 4.74 Å². The second-order valence-electron chi connectivity index (χ2n) is 2.86. The van der Waals surface area contributed by atoms with E-state index in [1.807, 2.05) is 0 Å². The van der Waals surface area contributed by atoms with Gasteiger partial charge in [-0.2, -0.15) is 0 Å². The van der Waals surface area contributed by atoms with Gasteiger partial charge in [0, 0.05) is 5.56 Å². The summed E-state index contributed by atoms with van der Waals surface area (Å²) in [6.07, 6.45) is -1.65. The van der Waals surface area contributed by atoms with Crippen LogP contribution in [0.15, 0.2) is 24.8 Å². The van der Waals surface area contributed by atoms with Crippen molar-refractivity contribution in [2.24, 2.45) is 0 Å². The monoisotopic (exact) mass is 215 g/mol. The van der Waals surface area contributed by atoms with Crippen molar-refractivity contribution in [3.05, 3.63) is 42.0 Å². The lowest BCUT2D eigenvalue weighted by Crippen LogP contribution is -2.18. The Bertz CT molecular complexity index is 355. The van der Waals surface area contributed by atoms with Gasteiger partial charge >= 0.3 is 6.36 Å². The smallest absolute Gasteiger partial charge is 0.405 e. The van der Waals surface area contributed by atoms with Crippen LogP contribution in [0.4, 0.5) is 13.2 Å². The maximum Gasteiger partial charge on any atom is 0.573 e. The van der Waals surface area contributed by atoms with Gasteiger partial charge in [-0.1, -0.05) is 25.6 Å². The predicted molar refractivity (Wildman–Crippen MR) is 50.5 cm³/mol. The number of hydrogen-bond donors (Lipinski definition) is 0. The quantitative estimate of drug-likeness (QED) is 0.750. The molecule has 4 heteroatoms. The average molecular weight is 215 g/mol. The Morgan fingerprint density at radius 2 is 2.07 bits per heavy atom. The number of halogens is 3. The van der Waals surface area contributed by atoms with Gasteiger partial charge in [0.15, 0.2) is 0 Å². The van der Waals surface area contributed by atoms with Crippen LogP contribution in [0.3, 0.4) is 0 Å². The highest BCUT2D eigenvalue weighted by molar-refractivity contribution is 5.43. The molecule has 0 saturated heterocycles. The van der Waals surface area contributed by atoms with E-state index in [1.54, 1.807) is 13.0 Å². The summed E-state index contributed by atoms with van der Waals surface area (Å²) in [7, 11) is 0. The standard InChI is InChI=1S/C11H10F3O/c1-3-8-6-5-7-10(9(8)4-2)15-11(12,13)14/h5-7H,1,4H2,2H3. The van der Waals surface area contributed by atoms with Crippen molar-refractivity contribution in [1.29, 1.82) is 0 Å². The first-order valence-electron chi connectivity index (χ1n) is 4.38. The van der Waals surface area contributed by atoms with Crippen LogP contribution in [0.1, 0.15) is 18.1 Å². The van der Waals surface area contributed by atoms with Crippen LogP contribution in [-0.4, -0.2) is 6.36 Å². The van der Waals surface area contributed by atoms with Gasteiger partial charge < -0.3 is 4.74 Å². The molecule has 1 nitrogen and oxygen atoms in total. The molecule has 0 amide bonds. The summed E-state index contributed by atoms with van der Waals surface area (Å²) in [5.41, 5.74) is 1.00. The van der Waals surface area contributed by atoms with Crippen LogP contribution in [-0.2, 0) is 6.42 Å². The number of rotatable bonds is 3. The van der Waals surface area contributed by atoms with E-state index in [4.69, 9.17) is 0 Å². The molecule has 0 spiro atoms. The summed E-state index contributed by atoms with van der Waals surface area (Å²) >= 11 is 0. The van der Waals surface area contributed by atoms with Crippen LogP contribution in [0.5, 0.6) is 5.75 Å². The van der Waals surface area contributed by atoms with Gasteiger partial charge in [0.1, 0.15) is 5.75 Å². The molecule has 15 heavy (non-hydrogen) atoms. The SMILES string of the molecule is C=[C]c1cccc(OC(F)(F)F)c1CC. The largest absolute Gasteiger partial charge is 0.573 e. The maximum atomic E-state index is 12.0. The zero-order chi connectivity index (χ0) is 11.5. The van der Waals surface area contributed by atoms with Gasteiger partial charge in [0.25, 0.3) is 0 Å². The molecule has 1 aromatic rings. The minimum Gasteiger partial charge on any atom is -0.405 e. The molecule has 0 saturated carbocycles. The third-order valence-electron chi connectivity index (χ3n) is 1.90. The Labute approximate surface area is 86.2 Å². The van der Waals surface area contributed by atoms with Crippen LogP contribution in [0, 0.1) is 6.08 Å².